The highest BCUT2D eigenvalue weighted by molar-refractivity contribution is 8.22. The maximum Gasteiger partial charge on any atom is 0.414 e. The zero-order valence-electron chi connectivity index (χ0n) is 18.8. The average molecular weight is 504 g/mol. The fourth-order valence-electron chi connectivity index (χ4n) is 3.86. The Balaban J connectivity index is 1.30. The number of piperazine rings is 1. The molecule has 0 bridgehead atoms. The number of anilines is 2. The number of aromatic nitrogens is 1. The third kappa shape index (κ3) is 5.95. The van der Waals surface area contributed by atoms with Crippen LogP contribution in [-0.4, -0.2) is 71.6 Å². The summed E-state index contributed by atoms with van der Waals surface area (Å²) in [4.78, 5) is 32.8. The van der Waals surface area contributed by atoms with Gasteiger partial charge in [0.25, 0.3) is 0 Å². The summed E-state index contributed by atoms with van der Waals surface area (Å²) in [6.07, 6.45) is 2.53. The number of halogens is 1. The number of carbonyl (C=O) groups excluding carboxylic acids is 2. The number of pyridine rings is 1. The lowest BCUT2D eigenvalue weighted by molar-refractivity contribution is -0.119. The number of ether oxygens (including phenoxy) is 1. The number of benzene rings is 1. The van der Waals surface area contributed by atoms with Gasteiger partial charge in [-0.05, 0) is 35.9 Å². The molecule has 2 aliphatic rings. The number of nitrogens with one attached hydrogen (secondary N) is 1. The minimum atomic E-state index is -0.547. The van der Waals surface area contributed by atoms with Crippen molar-refractivity contribution in [2.75, 3.05) is 49.1 Å². The normalized spacial score (nSPS) is 18.1. The van der Waals surface area contributed by atoms with Crippen molar-refractivity contribution >= 4 is 51.7 Å². The number of carbonyl (C=O) groups is 2. The molecule has 0 saturated carbocycles. The number of thioether (sulfide) groups is 1. The number of hydrogen-bond donors (Lipinski definition) is 1. The van der Waals surface area contributed by atoms with Crippen molar-refractivity contribution in [3.8, 4) is 0 Å². The molecule has 3 heterocycles. The Morgan fingerprint density at radius 2 is 1.97 bits per heavy atom. The fourth-order valence-corrected chi connectivity index (χ4v) is 5.07. The molecule has 0 aliphatic carbocycles. The zero-order chi connectivity index (χ0) is 24.1. The second-order valence-electron chi connectivity index (χ2n) is 8.07. The van der Waals surface area contributed by atoms with E-state index in [0.717, 1.165) is 10.1 Å². The van der Waals surface area contributed by atoms with E-state index in [1.807, 2.05) is 17.0 Å². The van der Waals surface area contributed by atoms with E-state index in [9.17, 15) is 9.59 Å². The smallest absolute Gasteiger partial charge is 0.414 e. The highest BCUT2D eigenvalue weighted by atomic mass is 32.2. The van der Waals surface area contributed by atoms with Crippen LogP contribution in [0.4, 0.5) is 20.6 Å². The van der Waals surface area contributed by atoms with Crippen molar-refractivity contribution in [1.82, 2.24) is 15.2 Å². The Morgan fingerprint density at radius 3 is 2.65 bits per heavy atom. The molecule has 2 aliphatic heterocycles. The first-order chi connectivity index (χ1) is 16.4. The summed E-state index contributed by atoms with van der Waals surface area (Å²) in [6.45, 7) is 4.61. The van der Waals surface area contributed by atoms with Gasteiger partial charge in [-0.25, -0.2) is 9.18 Å². The molecule has 2 aromatic rings. The molecule has 0 spiro atoms. The monoisotopic (exact) mass is 503 g/mol. The van der Waals surface area contributed by atoms with Gasteiger partial charge in [-0.3, -0.25) is 14.7 Å². The van der Waals surface area contributed by atoms with E-state index in [2.05, 4.69) is 15.2 Å². The van der Waals surface area contributed by atoms with Crippen LogP contribution in [-0.2, 0) is 15.3 Å². The van der Waals surface area contributed by atoms with Crippen LogP contribution in [0.25, 0.3) is 0 Å². The van der Waals surface area contributed by atoms with Crippen LogP contribution in [0.3, 0.4) is 0 Å². The number of rotatable bonds is 6. The van der Waals surface area contributed by atoms with Crippen molar-refractivity contribution in [2.45, 2.75) is 18.8 Å². The molecular formula is C23H26FN5O3S2. The van der Waals surface area contributed by atoms with Crippen LogP contribution in [0, 0.1) is 5.82 Å². The molecule has 2 fully saturated rings. The van der Waals surface area contributed by atoms with E-state index < -0.39 is 18.0 Å². The first-order valence-corrected chi connectivity index (χ1v) is 12.4. The molecule has 8 nitrogen and oxygen atoms in total. The molecule has 1 N–H and O–H groups in total. The fraction of sp³-hybridized carbons (Fsp3) is 0.391. The van der Waals surface area contributed by atoms with Gasteiger partial charge >= 0.3 is 6.09 Å². The highest BCUT2D eigenvalue weighted by Crippen LogP contribution is 2.29. The Kier molecular flexibility index (Phi) is 7.84. The van der Waals surface area contributed by atoms with Crippen LogP contribution in [0.15, 0.2) is 42.7 Å². The Labute approximate surface area is 207 Å². The topological polar surface area (TPSA) is 78.0 Å². The molecule has 1 aromatic heterocycles. The summed E-state index contributed by atoms with van der Waals surface area (Å²) >= 11 is 7.22. The zero-order valence-corrected chi connectivity index (χ0v) is 20.4. The van der Waals surface area contributed by atoms with Gasteiger partial charge in [0.15, 0.2) is 0 Å². The molecule has 180 valence electrons. The summed E-state index contributed by atoms with van der Waals surface area (Å²) in [5.74, 6) is 0.208. The third-order valence-electron chi connectivity index (χ3n) is 5.69. The van der Waals surface area contributed by atoms with Gasteiger partial charge < -0.3 is 19.9 Å². The van der Waals surface area contributed by atoms with E-state index in [-0.39, 0.29) is 19.0 Å². The Morgan fingerprint density at radius 1 is 1.24 bits per heavy atom. The number of hydrogen-bond acceptors (Lipinski definition) is 7. The Bertz CT molecular complexity index is 1050. The van der Waals surface area contributed by atoms with Crippen molar-refractivity contribution in [2.24, 2.45) is 0 Å². The summed E-state index contributed by atoms with van der Waals surface area (Å²) in [6, 6.07) is 8.74. The van der Waals surface area contributed by atoms with Crippen LogP contribution < -0.4 is 15.1 Å². The maximum atomic E-state index is 15.0. The number of nitrogens with zero attached hydrogens (tertiary/aromatic N) is 4. The van der Waals surface area contributed by atoms with E-state index in [0.29, 0.717) is 37.6 Å². The predicted molar refractivity (Wildman–Crippen MR) is 135 cm³/mol. The molecular weight excluding hydrogens is 477 g/mol. The van der Waals surface area contributed by atoms with Gasteiger partial charge in [-0.1, -0.05) is 24.0 Å². The lowest BCUT2D eigenvalue weighted by atomic mass is 10.2. The quantitative estimate of drug-likeness (QED) is 0.603. The largest absolute Gasteiger partial charge is 0.442 e. The SMILES string of the molecule is CC(=O)NCC1CN(c2ccc(N3CCN(C(=S)SCc4ccncc4)CC3)c(F)c2)C(=O)O1. The molecule has 0 radical (unpaired) electrons. The van der Waals surface area contributed by atoms with Crippen molar-refractivity contribution in [3.63, 3.8) is 0 Å². The standard InChI is InChI=1S/C23H26FN5O3S2/c1-16(30)26-13-19-14-29(22(31)32-19)18-2-3-21(20(24)12-18)27-8-10-28(11-9-27)23(33)34-15-17-4-6-25-7-5-17/h2-7,12,19H,8-11,13-15H2,1H3,(H,26,30). The maximum absolute atomic E-state index is 15.0. The number of thiocarbonyl (C=S) groups is 1. The summed E-state index contributed by atoms with van der Waals surface area (Å²) in [7, 11) is 0. The van der Waals surface area contributed by atoms with E-state index in [4.69, 9.17) is 17.0 Å². The van der Waals surface area contributed by atoms with Crippen LogP contribution in [0.1, 0.15) is 12.5 Å². The first kappa shape index (κ1) is 24.2. The molecule has 1 atom stereocenters. The van der Waals surface area contributed by atoms with Crippen molar-refractivity contribution in [1.29, 1.82) is 0 Å². The molecule has 1 aromatic carbocycles. The minimum absolute atomic E-state index is 0.196. The second kappa shape index (κ2) is 11.0. The van der Waals surface area contributed by atoms with Crippen molar-refractivity contribution < 1.29 is 18.7 Å². The van der Waals surface area contributed by atoms with Gasteiger partial charge in [0.05, 0.1) is 24.5 Å². The summed E-state index contributed by atoms with van der Waals surface area (Å²) in [5, 5.41) is 2.63. The molecule has 1 unspecified atom stereocenters. The van der Waals surface area contributed by atoms with E-state index >= 15 is 4.39 Å². The predicted octanol–water partition coefficient (Wildman–Crippen LogP) is 3.02. The van der Waals surface area contributed by atoms with Gasteiger partial charge in [0, 0.05) is 51.2 Å². The second-order valence-corrected chi connectivity index (χ2v) is 9.68. The van der Waals surface area contributed by atoms with Crippen molar-refractivity contribution in [3.05, 3.63) is 54.1 Å². The van der Waals surface area contributed by atoms with Gasteiger partial charge in [-0.2, -0.15) is 0 Å². The molecule has 34 heavy (non-hydrogen) atoms. The number of cyclic esters (lactones) is 1. The third-order valence-corrected chi connectivity index (χ3v) is 7.28. The van der Waals surface area contributed by atoms with Gasteiger partial charge in [0.1, 0.15) is 16.2 Å². The average Bonchev–Trinajstić information content (AvgIpc) is 3.22. The highest BCUT2D eigenvalue weighted by Gasteiger charge is 2.33. The van der Waals surface area contributed by atoms with E-state index in [1.54, 1.807) is 36.3 Å². The van der Waals surface area contributed by atoms with Crippen LogP contribution in [0.5, 0.6) is 0 Å². The minimum Gasteiger partial charge on any atom is -0.442 e. The summed E-state index contributed by atoms with van der Waals surface area (Å²) < 4.78 is 21.1. The lowest BCUT2D eigenvalue weighted by Crippen LogP contribution is -2.47. The van der Waals surface area contributed by atoms with Crippen LogP contribution >= 0.6 is 24.0 Å². The van der Waals surface area contributed by atoms with Crippen LogP contribution in [0.2, 0.25) is 0 Å². The van der Waals surface area contributed by atoms with Gasteiger partial charge in [0.2, 0.25) is 5.91 Å². The lowest BCUT2D eigenvalue weighted by Gasteiger charge is -2.37. The van der Waals surface area contributed by atoms with E-state index in [1.165, 1.54) is 23.5 Å². The molecule has 11 heteroatoms. The first-order valence-electron chi connectivity index (χ1n) is 11.0. The molecule has 2 amide bonds. The summed E-state index contributed by atoms with van der Waals surface area (Å²) in [5.41, 5.74) is 2.11. The molecule has 4 rings (SSSR count). The van der Waals surface area contributed by atoms with Gasteiger partial charge in [-0.15, -0.1) is 0 Å². The molecule has 2 saturated heterocycles. The number of amides is 2. The Hall–Kier alpha value is -2.92.